The molecule has 2 heterocycles. The summed E-state index contributed by atoms with van der Waals surface area (Å²) in [5.41, 5.74) is 5.97. The van der Waals surface area contributed by atoms with E-state index in [-0.39, 0.29) is 42.5 Å². The van der Waals surface area contributed by atoms with Gasteiger partial charge >= 0.3 is 6.03 Å². The van der Waals surface area contributed by atoms with Crippen molar-refractivity contribution < 1.29 is 9.59 Å². The summed E-state index contributed by atoms with van der Waals surface area (Å²) in [5, 5.41) is 9.37. The first-order chi connectivity index (χ1) is 10.6. The van der Waals surface area contributed by atoms with Crippen molar-refractivity contribution in [1.29, 1.82) is 0 Å². The summed E-state index contributed by atoms with van der Waals surface area (Å²) in [6.07, 6.45) is 5.99. The summed E-state index contributed by atoms with van der Waals surface area (Å²) < 4.78 is 0. The molecule has 4 unspecified atom stereocenters. The SMILES string of the molecule is Cl.NC(CNC(=O)CCCCC1SCC2NC(=O)NC21)C1CC1. The van der Waals surface area contributed by atoms with Gasteiger partial charge in [0.15, 0.2) is 0 Å². The van der Waals surface area contributed by atoms with Crippen LogP contribution in [0.1, 0.15) is 38.5 Å². The highest BCUT2D eigenvalue weighted by atomic mass is 35.5. The lowest BCUT2D eigenvalue weighted by Crippen LogP contribution is -2.38. The minimum absolute atomic E-state index is 0. The third kappa shape index (κ3) is 5.16. The number of nitrogens with one attached hydrogen (secondary N) is 3. The topological polar surface area (TPSA) is 96.2 Å². The minimum Gasteiger partial charge on any atom is -0.355 e. The molecule has 3 aliphatic rings. The van der Waals surface area contributed by atoms with Gasteiger partial charge in [0.2, 0.25) is 5.91 Å². The average molecular weight is 363 g/mol. The van der Waals surface area contributed by atoms with Gasteiger partial charge in [0, 0.05) is 30.0 Å². The zero-order valence-corrected chi connectivity index (χ0v) is 14.9. The van der Waals surface area contributed by atoms with Crippen molar-refractivity contribution in [2.75, 3.05) is 12.3 Å². The maximum absolute atomic E-state index is 11.8. The maximum Gasteiger partial charge on any atom is 0.315 e. The fourth-order valence-corrected chi connectivity index (χ4v) is 4.83. The van der Waals surface area contributed by atoms with Crippen LogP contribution in [0.4, 0.5) is 4.79 Å². The van der Waals surface area contributed by atoms with Crippen LogP contribution < -0.4 is 21.7 Å². The summed E-state index contributed by atoms with van der Waals surface area (Å²) >= 11 is 1.93. The molecule has 3 rings (SSSR count). The molecule has 1 aliphatic carbocycles. The van der Waals surface area contributed by atoms with E-state index in [4.69, 9.17) is 5.73 Å². The molecule has 2 saturated heterocycles. The van der Waals surface area contributed by atoms with E-state index in [2.05, 4.69) is 16.0 Å². The standard InChI is InChI=1S/C15H26N4O2S.ClH/c16-10(9-5-6-9)7-17-13(20)4-2-1-3-12-14-11(8-22-12)18-15(21)19-14;/h9-12,14H,1-8,16H2,(H,17,20)(H2,18,19,21);1H. The number of amides is 3. The summed E-state index contributed by atoms with van der Waals surface area (Å²) in [6, 6.07) is 0.651. The molecule has 23 heavy (non-hydrogen) atoms. The number of unbranched alkanes of at least 4 members (excludes halogenated alkanes) is 1. The van der Waals surface area contributed by atoms with Gasteiger partial charge in [-0.1, -0.05) is 6.42 Å². The zero-order chi connectivity index (χ0) is 15.5. The van der Waals surface area contributed by atoms with Crippen LogP contribution in [0.3, 0.4) is 0 Å². The van der Waals surface area contributed by atoms with E-state index in [1.54, 1.807) is 0 Å². The fraction of sp³-hybridized carbons (Fsp3) is 0.867. The minimum atomic E-state index is -0.0355. The van der Waals surface area contributed by atoms with Crippen molar-refractivity contribution >= 4 is 36.1 Å². The number of carbonyl (C=O) groups is 2. The molecule has 0 aromatic heterocycles. The largest absolute Gasteiger partial charge is 0.355 e. The predicted molar refractivity (Wildman–Crippen MR) is 94.9 cm³/mol. The van der Waals surface area contributed by atoms with Crippen molar-refractivity contribution in [1.82, 2.24) is 16.0 Å². The number of nitrogens with two attached hydrogens (primary N) is 1. The molecule has 0 aromatic rings. The Morgan fingerprint density at radius 2 is 2.13 bits per heavy atom. The number of hydrogen-bond donors (Lipinski definition) is 4. The predicted octanol–water partition coefficient (Wildman–Crippen LogP) is 0.987. The number of carbonyl (C=O) groups excluding carboxylic acids is 2. The van der Waals surface area contributed by atoms with Gasteiger partial charge in [0.05, 0.1) is 12.1 Å². The molecule has 0 radical (unpaired) electrons. The van der Waals surface area contributed by atoms with Crippen LogP contribution in [0.25, 0.3) is 0 Å². The lowest BCUT2D eigenvalue weighted by molar-refractivity contribution is -0.121. The second-order valence-corrected chi connectivity index (χ2v) is 7.95. The van der Waals surface area contributed by atoms with Gasteiger partial charge in [-0.05, 0) is 31.6 Å². The van der Waals surface area contributed by atoms with E-state index >= 15 is 0 Å². The normalized spacial score (nSPS) is 30.0. The average Bonchev–Trinajstić information content (AvgIpc) is 3.19. The molecule has 6 nitrogen and oxygen atoms in total. The molecule has 4 atom stereocenters. The fourth-order valence-electron chi connectivity index (χ4n) is 3.29. The second kappa shape index (κ2) is 8.44. The molecule has 132 valence electrons. The molecule has 5 N–H and O–H groups in total. The molecule has 0 bridgehead atoms. The smallest absolute Gasteiger partial charge is 0.315 e. The van der Waals surface area contributed by atoms with Gasteiger partial charge < -0.3 is 21.7 Å². The molecule has 0 aromatic carbocycles. The molecular formula is C15H27ClN4O2S. The third-order valence-electron chi connectivity index (χ3n) is 4.84. The third-order valence-corrected chi connectivity index (χ3v) is 6.35. The molecule has 1 saturated carbocycles. The molecule has 0 spiro atoms. The highest BCUT2D eigenvalue weighted by molar-refractivity contribution is 8.00. The van der Waals surface area contributed by atoms with Gasteiger partial charge in [-0.15, -0.1) is 12.4 Å². The van der Waals surface area contributed by atoms with Crippen molar-refractivity contribution in [3.63, 3.8) is 0 Å². The lowest BCUT2D eigenvalue weighted by Gasteiger charge is -2.16. The Hall–Kier alpha value is -0.660. The van der Waals surface area contributed by atoms with E-state index in [1.165, 1.54) is 12.8 Å². The summed E-state index contributed by atoms with van der Waals surface area (Å²) in [6.45, 7) is 0.615. The van der Waals surface area contributed by atoms with Gasteiger partial charge in [-0.2, -0.15) is 11.8 Å². The van der Waals surface area contributed by atoms with Gasteiger partial charge in [-0.25, -0.2) is 4.79 Å². The Labute approximate surface area is 147 Å². The highest BCUT2D eigenvalue weighted by Crippen LogP contribution is 2.33. The zero-order valence-electron chi connectivity index (χ0n) is 13.3. The van der Waals surface area contributed by atoms with Crippen LogP contribution in [0, 0.1) is 5.92 Å². The van der Waals surface area contributed by atoms with E-state index in [9.17, 15) is 9.59 Å². The van der Waals surface area contributed by atoms with Gasteiger partial charge in [-0.3, -0.25) is 4.79 Å². The number of hydrogen-bond acceptors (Lipinski definition) is 4. The molecular weight excluding hydrogens is 336 g/mol. The quantitative estimate of drug-likeness (QED) is 0.382. The van der Waals surface area contributed by atoms with Crippen LogP contribution >= 0.6 is 24.2 Å². The first-order valence-electron chi connectivity index (χ1n) is 8.34. The Balaban J connectivity index is 0.00000192. The Morgan fingerprint density at radius 1 is 1.35 bits per heavy atom. The van der Waals surface area contributed by atoms with Crippen molar-refractivity contribution in [2.45, 2.75) is 61.9 Å². The van der Waals surface area contributed by atoms with E-state index in [0.717, 1.165) is 25.0 Å². The molecule has 2 aliphatic heterocycles. The van der Waals surface area contributed by atoms with Gasteiger partial charge in [0.1, 0.15) is 0 Å². The van der Waals surface area contributed by atoms with Crippen molar-refractivity contribution in [3.05, 3.63) is 0 Å². The Morgan fingerprint density at radius 3 is 2.87 bits per heavy atom. The van der Waals surface area contributed by atoms with Crippen molar-refractivity contribution in [2.24, 2.45) is 11.7 Å². The number of halogens is 1. The first kappa shape index (κ1) is 18.7. The number of urea groups is 1. The maximum atomic E-state index is 11.8. The van der Waals surface area contributed by atoms with Crippen LogP contribution in [0.5, 0.6) is 0 Å². The molecule has 3 amide bonds. The van der Waals surface area contributed by atoms with E-state index < -0.39 is 0 Å². The van der Waals surface area contributed by atoms with Crippen LogP contribution in [-0.4, -0.2) is 47.6 Å². The second-order valence-electron chi connectivity index (χ2n) is 6.67. The Bertz CT molecular complexity index is 436. The lowest BCUT2D eigenvalue weighted by atomic mass is 10.0. The summed E-state index contributed by atoms with van der Waals surface area (Å²) in [7, 11) is 0. The van der Waals surface area contributed by atoms with Crippen LogP contribution in [-0.2, 0) is 4.79 Å². The van der Waals surface area contributed by atoms with Crippen LogP contribution in [0.15, 0.2) is 0 Å². The summed E-state index contributed by atoms with van der Waals surface area (Å²) in [5.74, 6) is 1.74. The molecule has 3 fully saturated rings. The number of fused-ring (bicyclic) bond motifs is 1. The van der Waals surface area contributed by atoms with Crippen molar-refractivity contribution in [3.8, 4) is 0 Å². The van der Waals surface area contributed by atoms with E-state index in [0.29, 0.717) is 24.1 Å². The summed E-state index contributed by atoms with van der Waals surface area (Å²) in [4.78, 5) is 23.1. The monoisotopic (exact) mass is 362 g/mol. The van der Waals surface area contributed by atoms with Crippen LogP contribution in [0.2, 0.25) is 0 Å². The molecule has 8 heteroatoms. The van der Waals surface area contributed by atoms with E-state index in [1.807, 2.05) is 11.8 Å². The first-order valence-corrected chi connectivity index (χ1v) is 9.39. The number of thioether (sulfide) groups is 1. The highest BCUT2D eigenvalue weighted by Gasteiger charge is 2.42. The van der Waals surface area contributed by atoms with Gasteiger partial charge in [0.25, 0.3) is 0 Å². The Kier molecular flexibility index (Phi) is 6.85. The number of rotatable bonds is 8.